The predicted molar refractivity (Wildman–Crippen MR) is 63.8 cm³/mol. The Morgan fingerprint density at radius 1 is 1.65 bits per heavy atom. The van der Waals surface area contributed by atoms with Gasteiger partial charge in [0.05, 0.1) is 24.0 Å². The first kappa shape index (κ1) is 11.9. The Hall–Kier alpha value is -1.56. The molecule has 0 bridgehead atoms. The van der Waals surface area contributed by atoms with Crippen LogP contribution in [0.4, 0.5) is 5.69 Å². The number of nitrogens with one attached hydrogen (secondary N) is 2. The number of aromatic amines is 1. The van der Waals surface area contributed by atoms with Gasteiger partial charge >= 0.3 is 0 Å². The van der Waals surface area contributed by atoms with Crippen molar-refractivity contribution in [3.05, 3.63) is 11.4 Å². The number of hydrogen-bond acceptors (Lipinski definition) is 4. The van der Waals surface area contributed by atoms with Crippen LogP contribution in [0.3, 0.4) is 0 Å². The highest BCUT2D eigenvalue weighted by Gasteiger charge is 2.23. The predicted octanol–water partition coefficient (Wildman–Crippen LogP) is 0.634. The van der Waals surface area contributed by atoms with Crippen molar-refractivity contribution in [2.75, 3.05) is 18.9 Å². The highest BCUT2D eigenvalue weighted by atomic mass is 16.5. The van der Waals surface area contributed by atoms with Crippen molar-refractivity contribution < 1.29 is 9.53 Å². The minimum Gasteiger partial charge on any atom is -0.395 e. The minimum absolute atomic E-state index is 0.0705. The first-order chi connectivity index (χ1) is 8.09. The van der Waals surface area contributed by atoms with Crippen LogP contribution in [-0.2, 0) is 4.74 Å². The Kier molecular flexibility index (Phi) is 3.33. The Morgan fingerprint density at radius 3 is 2.94 bits per heavy atom. The molecule has 1 aliphatic rings. The van der Waals surface area contributed by atoms with E-state index < -0.39 is 0 Å². The molecule has 2 heterocycles. The highest BCUT2D eigenvalue weighted by Crippen LogP contribution is 2.22. The summed E-state index contributed by atoms with van der Waals surface area (Å²) >= 11 is 0. The summed E-state index contributed by atoms with van der Waals surface area (Å²) in [5, 5.41) is 9.65. The molecule has 17 heavy (non-hydrogen) atoms. The van der Waals surface area contributed by atoms with Gasteiger partial charge in [0, 0.05) is 6.61 Å². The Morgan fingerprint density at radius 2 is 2.41 bits per heavy atom. The third-order valence-electron chi connectivity index (χ3n) is 2.89. The first-order valence-corrected chi connectivity index (χ1v) is 5.82. The molecule has 1 saturated heterocycles. The summed E-state index contributed by atoms with van der Waals surface area (Å²) in [5.74, 6) is -0.0139. The number of nitrogens with zero attached hydrogens (tertiary/aromatic N) is 1. The molecule has 1 amide bonds. The smallest absolute Gasteiger partial charge is 0.274 e. The van der Waals surface area contributed by atoms with E-state index in [0.717, 1.165) is 12.1 Å². The lowest BCUT2D eigenvalue weighted by atomic mass is 10.1. The number of H-pyrrole nitrogens is 1. The van der Waals surface area contributed by atoms with Gasteiger partial charge in [-0.05, 0) is 12.3 Å². The number of carbonyl (C=O) groups excluding carboxylic acids is 1. The second-order valence-corrected chi connectivity index (χ2v) is 4.59. The Labute approximate surface area is 99.9 Å². The van der Waals surface area contributed by atoms with Crippen LogP contribution in [-0.4, -0.2) is 35.4 Å². The molecule has 0 radical (unpaired) electrons. The number of anilines is 1. The third kappa shape index (κ3) is 2.41. The fourth-order valence-electron chi connectivity index (χ4n) is 1.88. The molecule has 0 aliphatic carbocycles. The Bertz CT molecular complexity index is 408. The summed E-state index contributed by atoms with van der Waals surface area (Å²) in [5.41, 5.74) is 7.42. The van der Waals surface area contributed by atoms with Crippen LogP contribution in [0, 0.1) is 0 Å². The van der Waals surface area contributed by atoms with E-state index >= 15 is 0 Å². The lowest BCUT2D eigenvalue weighted by molar-refractivity contribution is 0.0925. The van der Waals surface area contributed by atoms with E-state index in [1.807, 2.05) is 13.8 Å². The van der Waals surface area contributed by atoms with Crippen LogP contribution in [0.2, 0.25) is 0 Å². The van der Waals surface area contributed by atoms with Crippen molar-refractivity contribution in [2.45, 2.75) is 32.2 Å². The summed E-state index contributed by atoms with van der Waals surface area (Å²) in [6.45, 7) is 5.25. The summed E-state index contributed by atoms with van der Waals surface area (Å²) < 4.78 is 5.19. The molecule has 6 nitrogen and oxygen atoms in total. The molecule has 1 fully saturated rings. The molecule has 4 N–H and O–H groups in total. The van der Waals surface area contributed by atoms with Crippen molar-refractivity contribution in [1.29, 1.82) is 0 Å². The molecule has 0 saturated carbocycles. The van der Waals surface area contributed by atoms with Crippen LogP contribution in [0.15, 0.2) is 0 Å². The van der Waals surface area contributed by atoms with E-state index in [4.69, 9.17) is 10.5 Å². The van der Waals surface area contributed by atoms with Crippen LogP contribution in [0.1, 0.15) is 42.4 Å². The normalized spacial score (nSPS) is 19.8. The van der Waals surface area contributed by atoms with Gasteiger partial charge in [-0.15, -0.1) is 0 Å². The molecule has 1 aromatic rings. The number of amides is 1. The molecular weight excluding hydrogens is 220 g/mol. The molecular formula is C11H18N4O2. The fraction of sp³-hybridized carbons (Fsp3) is 0.636. The molecule has 1 aromatic heterocycles. The van der Waals surface area contributed by atoms with E-state index in [-0.39, 0.29) is 23.6 Å². The second kappa shape index (κ2) is 4.75. The molecule has 0 aromatic carbocycles. The lowest BCUT2D eigenvalue weighted by Gasteiger charge is -2.09. The quantitative estimate of drug-likeness (QED) is 0.720. The maximum atomic E-state index is 11.9. The van der Waals surface area contributed by atoms with Crippen molar-refractivity contribution in [2.24, 2.45) is 0 Å². The first-order valence-electron chi connectivity index (χ1n) is 5.82. The number of carbonyl (C=O) groups is 1. The monoisotopic (exact) mass is 238 g/mol. The van der Waals surface area contributed by atoms with Gasteiger partial charge in [0.1, 0.15) is 0 Å². The van der Waals surface area contributed by atoms with Gasteiger partial charge in [-0.2, -0.15) is 5.10 Å². The SMILES string of the molecule is CC(C)c1[nH]nc(C(=O)NC2CCOC2)c1N. The number of ether oxygens (including phenoxy) is 1. The van der Waals surface area contributed by atoms with Crippen molar-refractivity contribution >= 4 is 11.6 Å². The van der Waals surface area contributed by atoms with Gasteiger partial charge in [0.2, 0.25) is 0 Å². The van der Waals surface area contributed by atoms with E-state index in [9.17, 15) is 4.79 Å². The highest BCUT2D eigenvalue weighted by molar-refractivity contribution is 5.97. The standard InChI is InChI=1S/C11H18N4O2/c1-6(2)9-8(12)10(15-14-9)11(16)13-7-3-4-17-5-7/h6-7H,3-5,12H2,1-2H3,(H,13,16)(H,14,15). The second-order valence-electron chi connectivity index (χ2n) is 4.59. The van der Waals surface area contributed by atoms with Gasteiger partial charge in [0.25, 0.3) is 5.91 Å². The zero-order valence-electron chi connectivity index (χ0n) is 10.1. The molecule has 6 heteroatoms. The van der Waals surface area contributed by atoms with Crippen LogP contribution >= 0.6 is 0 Å². The molecule has 2 rings (SSSR count). The third-order valence-corrected chi connectivity index (χ3v) is 2.89. The zero-order chi connectivity index (χ0) is 12.4. The van der Waals surface area contributed by atoms with Crippen LogP contribution in [0.25, 0.3) is 0 Å². The summed E-state index contributed by atoms with van der Waals surface area (Å²) in [7, 11) is 0. The molecule has 94 valence electrons. The minimum atomic E-state index is -0.235. The topological polar surface area (TPSA) is 93.0 Å². The van der Waals surface area contributed by atoms with Gasteiger partial charge in [0.15, 0.2) is 5.69 Å². The number of aromatic nitrogens is 2. The van der Waals surface area contributed by atoms with Gasteiger partial charge in [-0.1, -0.05) is 13.8 Å². The zero-order valence-corrected chi connectivity index (χ0v) is 10.1. The van der Waals surface area contributed by atoms with Gasteiger partial charge < -0.3 is 15.8 Å². The summed E-state index contributed by atoms with van der Waals surface area (Å²) in [6.07, 6.45) is 0.840. The number of nitrogens with two attached hydrogens (primary N) is 1. The largest absolute Gasteiger partial charge is 0.395 e. The lowest BCUT2D eigenvalue weighted by Crippen LogP contribution is -2.35. The van der Waals surface area contributed by atoms with E-state index in [1.165, 1.54) is 0 Å². The van der Waals surface area contributed by atoms with Crippen LogP contribution in [0.5, 0.6) is 0 Å². The van der Waals surface area contributed by atoms with E-state index in [1.54, 1.807) is 0 Å². The average Bonchev–Trinajstić information content (AvgIpc) is 2.86. The fourth-order valence-corrected chi connectivity index (χ4v) is 1.88. The number of hydrogen-bond donors (Lipinski definition) is 3. The molecule has 1 atom stereocenters. The van der Waals surface area contributed by atoms with Crippen molar-refractivity contribution in [3.8, 4) is 0 Å². The summed E-state index contributed by atoms with van der Waals surface area (Å²) in [4.78, 5) is 11.9. The summed E-state index contributed by atoms with van der Waals surface area (Å²) in [6, 6.07) is 0.0705. The number of nitrogen functional groups attached to an aromatic ring is 1. The maximum absolute atomic E-state index is 11.9. The van der Waals surface area contributed by atoms with E-state index in [2.05, 4.69) is 15.5 Å². The number of rotatable bonds is 3. The van der Waals surface area contributed by atoms with Crippen molar-refractivity contribution in [3.63, 3.8) is 0 Å². The van der Waals surface area contributed by atoms with Gasteiger partial charge in [-0.25, -0.2) is 0 Å². The maximum Gasteiger partial charge on any atom is 0.274 e. The average molecular weight is 238 g/mol. The van der Waals surface area contributed by atoms with Gasteiger partial charge in [-0.3, -0.25) is 9.89 Å². The molecule has 1 unspecified atom stereocenters. The molecule has 0 spiro atoms. The Balaban J connectivity index is 2.08. The van der Waals surface area contributed by atoms with E-state index in [0.29, 0.717) is 18.9 Å². The van der Waals surface area contributed by atoms with Crippen molar-refractivity contribution in [1.82, 2.24) is 15.5 Å². The van der Waals surface area contributed by atoms with Crippen LogP contribution < -0.4 is 11.1 Å². The molecule has 1 aliphatic heterocycles.